The Balaban J connectivity index is 2.16. The fourth-order valence-electron chi connectivity index (χ4n) is 1.68. The van der Waals surface area contributed by atoms with Crippen molar-refractivity contribution < 1.29 is 9.90 Å². The lowest BCUT2D eigenvalue weighted by Gasteiger charge is -2.05. The summed E-state index contributed by atoms with van der Waals surface area (Å²) >= 11 is 2.10. The number of nitrogens with zero attached hydrogens (tertiary/aromatic N) is 1. The highest BCUT2D eigenvalue weighted by Gasteiger charge is 2.09. The van der Waals surface area contributed by atoms with E-state index in [0.717, 1.165) is 3.57 Å². The zero-order chi connectivity index (χ0) is 14.5. The third-order valence-corrected chi connectivity index (χ3v) is 3.68. The van der Waals surface area contributed by atoms with Gasteiger partial charge in [-0.2, -0.15) is 5.10 Å². The molecule has 102 valence electrons. The molecule has 0 atom stereocenters. The summed E-state index contributed by atoms with van der Waals surface area (Å²) in [6.45, 7) is 1.73. The van der Waals surface area contributed by atoms with Gasteiger partial charge in [0.15, 0.2) is 0 Å². The minimum absolute atomic E-state index is 0.136. The van der Waals surface area contributed by atoms with Gasteiger partial charge < -0.3 is 5.11 Å². The van der Waals surface area contributed by atoms with Gasteiger partial charge >= 0.3 is 0 Å². The molecule has 1 amide bonds. The molecule has 0 saturated carbocycles. The molecule has 0 aliphatic rings. The third kappa shape index (κ3) is 3.36. The first-order valence-corrected chi connectivity index (χ1v) is 7.05. The second-order valence-corrected chi connectivity index (χ2v) is 5.30. The first kappa shape index (κ1) is 14.5. The zero-order valence-electron chi connectivity index (χ0n) is 10.8. The normalized spacial score (nSPS) is 11.2. The van der Waals surface area contributed by atoms with Crippen LogP contribution in [0.15, 0.2) is 53.6 Å². The molecule has 2 rings (SSSR count). The molecule has 0 spiro atoms. The van der Waals surface area contributed by atoms with Gasteiger partial charge in [-0.3, -0.25) is 4.79 Å². The number of carbonyl (C=O) groups excluding carboxylic acids is 1. The van der Waals surface area contributed by atoms with E-state index in [-0.39, 0.29) is 11.7 Å². The smallest absolute Gasteiger partial charge is 0.272 e. The summed E-state index contributed by atoms with van der Waals surface area (Å²) in [5.74, 6) is -0.137. The Hall–Kier alpha value is -1.89. The van der Waals surface area contributed by atoms with Crippen molar-refractivity contribution in [3.05, 3.63) is 63.2 Å². The predicted molar refractivity (Wildman–Crippen MR) is 86.9 cm³/mol. The van der Waals surface area contributed by atoms with Crippen LogP contribution in [0, 0.1) is 3.57 Å². The number of nitrogens with one attached hydrogen (secondary N) is 1. The zero-order valence-corrected chi connectivity index (χ0v) is 13.0. The number of carbonyl (C=O) groups is 1. The van der Waals surface area contributed by atoms with E-state index in [2.05, 4.69) is 33.1 Å². The molecule has 0 heterocycles. The molecule has 0 fully saturated rings. The first-order valence-electron chi connectivity index (χ1n) is 5.97. The van der Waals surface area contributed by atoms with Crippen LogP contribution in [-0.4, -0.2) is 16.7 Å². The molecule has 0 aliphatic heterocycles. The lowest BCUT2D eigenvalue weighted by Crippen LogP contribution is -2.20. The molecule has 0 unspecified atom stereocenters. The number of hydrogen-bond acceptors (Lipinski definition) is 3. The van der Waals surface area contributed by atoms with Crippen molar-refractivity contribution in [2.75, 3.05) is 0 Å². The van der Waals surface area contributed by atoms with Gasteiger partial charge in [-0.15, -0.1) is 0 Å². The Morgan fingerprint density at radius 3 is 2.35 bits per heavy atom. The molecular formula is C15H13IN2O2. The number of aromatic hydroxyl groups is 1. The molecule has 0 aromatic heterocycles. The molecule has 5 heteroatoms. The van der Waals surface area contributed by atoms with E-state index in [0.29, 0.717) is 16.8 Å². The summed E-state index contributed by atoms with van der Waals surface area (Å²) < 4.78 is 0.859. The second kappa shape index (κ2) is 6.51. The molecular weight excluding hydrogens is 367 g/mol. The molecule has 0 saturated heterocycles. The molecule has 0 radical (unpaired) electrons. The van der Waals surface area contributed by atoms with E-state index >= 15 is 0 Å². The summed E-state index contributed by atoms with van der Waals surface area (Å²) in [5.41, 5.74) is 4.21. The largest absolute Gasteiger partial charge is 0.507 e. The van der Waals surface area contributed by atoms with Crippen LogP contribution in [0.2, 0.25) is 0 Å². The first-order chi connectivity index (χ1) is 9.59. The van der Waals surface area contributed by atoms with Crippen molar-refractivity contribution in [2.24, 2.45) is 5.10 Å². The highest BCUT2D eigenvalue weighted by Crippen LogP contribution is 2.16. The highest BCUT2D eigenvalue weighted by atomic mass is 127. The Morgan fingerprint density at radius 2 is 1.70 bits per heavy atom. The molecule has 20 heavy (non-hydrogen) atoms. The van der Waals surface area contributed by atoms with Gasteiger partial charge in [-0.1, -0.05) is 24.3 Å². The van der Waals surface area contributed by atoms with Gasteiger partial charge in [-0.25, -0.2) is 5.43 Å². The van der Waals surface area contributed by atoms with Gasteiger partial charge in [-0.05, 0) is 53.8 Å². The maximum atomic E-state index is 12.0. The van der Waals surface area contributed by atoms with Crippen LogP contribution in [-0.2, 0) is 0 Å². The van der Waals surface area contributed by atoms with Crippen molar-refractivity contribution >= 4 is 34.2 Å². The third-order valence-electron chi connectivity index (χ3n) is 2.74. The van der Waals surface area contributed by atoms with E-state index in [1.807, 2.05) is 12.1 Å². The fourth-order valence-corrected chi connectivity index (χ4v) is 2.31. The van der Waals surface area contributed by atoms with E-state index < -0.39 is 0 Å². The molecule has 4 nitrogen and oxygen atoms in total. The van der Waals surface area contributed by atoms with Crippen LogP contribution in [0.4, 0.5) is 0 Å². The number of halogens is 1. The van der Waals surface area contributed by atoms with Gasteiger partial charge in [0.2, 0.25) is 0 Å². The van der Waals surface area contributed by atoms with Crippen LogP contribution in [0.25, 0.3) is 0 Å². The van der Waals surface area contributed by atoms with E-state index in [1.165, 1.54) is 0 Å². The summed E-state index contributed by atoms with van der Waals surface area (Å²) in [5, 5.41) is 13.7. The van der Waals surface area contributed by atoms with Crippen LogP contribution < -0.4 is 5.43 Å². The van der Waals surface area contributed by atoms with Crippen LogP contribution in [0.5, 0.6) is 5.75 Å². The fraction of sp³-hybridized carbons (Fsp3) is 0.0667. The number of phenolic OH excluding ortho intramolecular Hbond substituents is 1. The SMILES string of the molecule is CC(=NNC(=O)c1ccccc1I)c1ccccc1O. The predicted octanol–water partition coefficient (Wildman–Crippen LogP) is 3.15. The maximum absolute atomic E-state index is 12.0. The average Bonchev–Trinajstić information content (AvgIpc) is 2.45. The maximum Gasteiger partial charge on any atom is 0.272 e. The minimum Gasteiger partial charge on any atom is -0.507 e. The Labute approximate surface area is 130 Å². The highest BCUT2D eigenvalue weighted by molar-refractivity contribution is 14.1. The van der Waals surface area contributed by atoms with Gasteiger partial charge in [0.25, 0.3) is 5.91 Å². The lowest BCUT2D eigenvalue weighted by molar-refractivity contribution is 0.0954. The van der Waals surface area contributed by atoms with Gasteiger partial charge in [0.05, 0.1) is 11.3 Å². The molecule has 2 aromatic rings. The van der Waals surface area contributed by atoms with E-state index in [4.69, 9.17) is 0 Å². The minimum atomic E-state index is -0.273. The van der Waals surface area contributed by atoms with Crippen LogP contribution in [0.1, 0.15) is 22.8 Å². The van der Waals surface area contributed by atoms with Crippen LogP contribution >= 0.6 is 22.6 Å². The quantitative estimate of drug-likeness (QED) is 0.488. The number of rotatable bonds is 3. The van der Waals surface area contributed by atoms with Crippen molar-refractivity contribution in [2.45, 2.75) is 6.92 Å². The summed E-state index contributed by atoms with van der Waals surface area (Å²) in [6.07, 6.45) is 0. The van der Waals surface area contributed by atoms with E-state index in [9.17, 15) is 9.90 Å². The standard InChI is InChI=1S/C15H13IN2O2/c1-10(11-6-3-5-9-14(11)19)17-18-15(20)12-7-2-4-8-13(12)16/h2-9,19H,1H3,(H,18,20). The Bertz CT molecular complexity index is 668. The number of benzene rings is 2. The van der Waals surface area contributed by atoms with E-state index in [1.54, 1.807) is 43.3 Å². The van der Waals surface area contributed by atoms with Crippen LogP contribution in [0.3, 0.4) is 0 Å². The summed E-state index contributed by atoms with van der Waals surface area (Å²) in [7, 11) is 0. The van der Waals surface area contributed by atoms with Gasteiger partial charge in [0, 0.05) is 9.13 Å². The van der Waals surface area contributed by atoms with Crippen molar-refractivity contribution in [3.63, 3.8) is 0 Å². The molecule has 2 aromatic carbocycles. The number of amides is 1. The molecule has 0 bridgehead atoms. The average molecular weight is 380 g/mol. The molecule has 0 aliphatic carbocycles. The molecule has 2 N–H and O–H groups in total. The number of hydrazone groups is 1. The number of hydrogen-bond donors (Lipinski definition) is 2. The van der Waals surface area contributed by atoms with Crippen molar-refractivity contribution in [3.8, 4) is 5.75 Å². The Morgan fingerprint density at radius 1 is 1.10 bits per heavy atom. The second-order valence-electron chi connectivity index (χ2n) is 4.14. The number of phenols is 1. The lowest BCUT2D eigenvalue weighted by atomic mass is 10.1. The van der Waals surface area contributed by atoms with Crippen molar-refractivity contribution in [1.29, 1.82) is 0 Å². The summed E-state index contributed by atoms with van der Waals surface area (Å²) in [4.78, 5) is 12.0. The topological polar surface area (TPSA) is 61.7 Å². The Kier molecular flexibility index (Phi) is 4.73. The number of para-hydroxylation sites is 1. The van der Waals surface area contributed by atoms with Gasteiger partial charge in [0.1, 0.15) is 5.75 Å². The van der Waals surface area contributed by atoms with Crippen molar-refractivity contribution in [1.82, 2.24) is 5.43 Å². The summed E-state index contributed by atoms with van der Waals surface area (Å²) in [6, 6.07) is 14.1. The monoisotopic (exact) mass is 380 g/mol.